The molecule has 3 amide bonds. The van der Waals surface area contributed by atoms with Crippen LogP contribution in [0.2, 0.25) is 0 Å². The van der Waals surface area contributed by atoms with E-state index in [0.29, 0.717) is 5.82 Å². The summed E-state index contributed by atoms with van der Waals surface area (Å²) in [5.74, 6) is 0.108. The van der Waals surface area contributed by atoms with E-state index < -0.39 is 6.03 Å². The van der Waals surface area contributed by atoms with Gasteiger partial charge in [0.1, 0.15) is 6.54 Å². The Labute approximate surface area is 78.9 Å². The topological polar surface area (TPSA) is 93.0 Å². The molecule has 2 heterocycles. The number of tetrazole rings is 1. The Bertz CT molecular complexity index is 385. The molecule has 74 valence electrons. The normalized spacial score (nSPS) is 16.2. The average Bonchev–Trinajstić information content (AvgIpc) is 2.61. The Morgan fingerprint density at radius 1 is 1.50 bits per heavy atom. The Hall–Kier alpha value is -1.99. The van der Waals surface area contributed by atoms with E-state index in [1.807, 2.05) is 0 Å². The highest BCUT2D eigenvalue weighted by molar-refractivity contribution is 6.01. The van der Waals surface area contributed by atoms with Gasteiger partial charge < -0.3 is 4.90 Å². The van der Waals surface area contributed by atoms with E-state index in [9.17, 15) is 9.59 Å². The van der Waals surface area contributed by atoms with Gasteiger partial charge in [-0.3, -0.25) is 10.1 Å². The summed E-state index contributed by atoms with van der Waals surface area (Å²) in [7, 11) is 1.63. The minimum absolute atomic E-state index is 0.0527. The monoisotopic (exact) mass is 196 g/mol. The van der Waals surface area contributed by atoms with Gasteiger partial charge in [0.15, 0.2) is 5.82 Å². The summed E-state index contributed by atoms with van der Waals surface area (Å²) in [6.45, 7) is 0.252. The second kappa shape index (κ2) is 3.05. The maximum absolute atomic E-state index is 11.1. The molecule has 1 aromatic rings. The molecule has 1 aliphatic heterocycles. The number of amides is 3. The third kappa shape index (κ3) is 1.53. The Kier molecular flexibility index (Phi) is 1.88. The molecule has 1 N–H and O–H groups in total. The SMILES string of the molecule is Cn1nnc(CN2CC(=O)NC2=O)n1. The summed E-state index contributed by atoms with van der Waals surface area (Å²) in [6.07, 6.45) is 0. The number of imide groups is 1. The highest BCUT2D eigenvalue weighted by Gasteiger charge is 2.27. The quantitative estimate of drug-likeness (QED) is 0.567. The highest BCUT2D eigenvalue weighted by Crippen LogP contribution is 2.02. The van der Waals surface area contributed by atoms with Crippen molar-refractivity contribution < 1.29 is 9.59 Å². The van der Waals surface area contributed by atoms with Crippen molar-refractivity contribution in [2.24, 2.45) is 7.05 Å². The molecule has 8 heteroatoms. The Morgan fingerprint density at radius 3 is 2.79 bits per heavy atom. The summed E-state index contributed by atoms with van der Waals surface area (Å²) >= 11 is 0. The molecule has 1 saturated heterocycles. The largest absolute Gasteiger partial charge is 0.324 e. The van der Waals surface area contributed by atoms with Crippen molar-refractivity contribution in [1.29, 1.82) is 0 Å². The summed E-state index contributed by atoms with van der Waals surface area (Å²) in [4.78, 5) is 24.5. The van der Waals surface area contributed by atoms with Crippen LogP contribution in [0.1, 0.15) is 5.82 Å². The van der Waals surface area contributed by atoms with Gasteiger partial charge in [-0.1, -0.05) is 0 Å². The number of rotatable bonds is 2. The molecule has 0 aliphatic carbocycles. The van der Waals surface area contributed by atoms with Crippen LogP contribution in [0, 0.1) is 0 Å². The van der Waals surface area contributed by atoms with Crippen LogP contribution in [0.25, 0.3) is 0 Å². The van der Waals surface area contributed by atoms with Crippen LogP contribution in [0.5, 0.6) is 0 Å². The van der Waals surface area contributed by atoms with Crippen molar-refractivity contribution in [3.05, 3.63) is 5.82 Å². The van der Waals surface area contributed by atoms with E-state index in [4.69, 9.17) is 0 Å². The van der Waals surface area contributed by atoms with Crippen molar-refractivity contribution in [2.45, 2.75) is 6.54 Å². The number of nitrogens with one attached hydrogen (secondary N) is 1. The lowest BCUT2D eigenvalue weighted by Crippen LogP contribution is -2.28. The Morgan fingerprint density at radius 2 is 2.29 bits per heavy atom. The zero-order chi connectivity index (χ0) is 10.1. The van der Waals surface area contributed by atoms with Gasteiger partial charge >= 0.3 is 6.03 Å². The van der Waals surface area contributed by atoms with E-state index in [2.05, 4.69) is 20.7 Å². The van der Waals surface area contributed by atoms with Crippen molar-refractivity contribution in [3.63, 3.8) is 0 Å². The van der Waals surface area contributed by atoms with Crippen molar-refractivity contribution >= 4 is 11.9 Å². The molecular formula is C6H8N6O2. The molecule has 1 aliphatic rings. The number of urea groups is 1. The van der Waals surface area contributed by atoms with Gasteiger partial charge in [0.25, 0.3) is 0 Å². The second-order valence-electron chi connectivity index (χ2n) is 2.90. The molecule has 1 fully saturated rings. The van der Waals surface area contributed by atoms with Crippen LogP contribution in [0.4, 0.5) is 4.79 Å². The van der Waals surface area contributed by atoms with Crippen LogP contribution >= 0.6 is 0 Å². The maximum atomic E-state index is 11.1. The summed E-state index contributed by atoms with van der Waals surface area (Å²) in [5, 5.41) is 13.4. The lowest BCUT2D eigenvalue weighted by molar-refractivity contribution is -0.118. The summed E-state index contributed by atoms with van der Waals surface area (Å²) in [6, 6.07) is -0.414. The van der Waals surface area contributed by atoms with Gasteiger partial charge in [-0.05, 0) is 5.21 Å². The Balaban J connectivity index is 2.05. The summed E-state index contributed by atoms with van der Waals surface area (Å²) < 4.78 is 0. The number of hydrogen-bond donors (Lipinski definition) is 1. The van der Waals surface area contributed by atoms with Crippen molar-refractivity contribution in [1.82, 2.24) is 30.4 Å². The van der Waals surface area contributed by atoms with Gasteiger partial charge in [-0.2, -0.15) is 4.80 Å². The van der Waals surface area contributed by atoms with E-state index in [1.54, 1.807) is 7.05 Å². The van der Waals surface area contributed by atoms with Crippen LogP contribution in [0.15, 0.2) is 0 Å². The smallest absolute Gasteiger partial charge is 0.307 e. The van der Waals surface area contributed by atoms with Gasteiger partial charge in [0.2, 0.25) is 5.91 Å². The molecule has 8 nitrogen and oxygen atoms in total. The lowest BCUT2D eigenvalue weighted by Gasteiger charge is -2.08. The zero-order valence-electron chi connectivity index (χ0n) is 7.47. The first-order valence-corrected chi connectivity index (χ1v) is 3.97. The first-order chi connectivity index (χ1) is 6.65. The standard InChI is InChI=1S/C6H8N6O2/c1-11-9-4(8-10-11)2-12-3-5(13)7-6(12)14/h2-3H2,1H3,(H,7,13,14). The fraction of sp³-hybridized carbons (Fsp3) is 0.500. The van der Waals surface area contributed by atoms with Gasteiger partial charge in [-0.15, -0.1) is 10.2 Å². The first kappa shape index (κ1) is 8.60. The fourth-order valence-electron chi connectivity index (χ4n) is 1.17. The van der Waals surface area contributed by atoms with E-state index in [1.165, 1.54) is 9.70 Å². The third-order valence-electron chi connectivity index (χ3n) is 1.75. The second-order valence-corrected chi connectivity index (χ2v) is 2.90. The van der Waals surface area contributed by atoms with E-state index in [0.717, 1.165) is 0 Å². The fourth-order valence-corrected chi connectivity index (χ4v) is 1.17. The van der Waals surface area contributed by atoms with Crippen molar-refractivity contribution in [3.8, 4) is 0 Å². The number of hydrogen-bond acceptors (Lipinski definition) is 5. The first-order valence-electron chi connectivity index (χ1n) is 3.97. The molecule has 0 bridgehead atoms. The lowest BCUT2D eigenvalue weighted by atomic mass is 10.5. The number of nitrogens with zero attached hydrogens (tertiary/aromatic N) is 5. The van der Waals surface area contributed by atoms with Gasteiger partial charge in [0.05, 0.1) is 13.6 Å². The predicted octanol–water partition coefficient (Wildman–Crippen LogP) is -1.74. The predicted molar refractivity (Wildman–Crippen MR) is 42.7 cm³/mol. The average molecular weight is 196 g/mol. The number of carbonyl (C=O) groups excluding carboxylic acids is 2. The molecule has 0 aromatic carbocycles. The number of aryl methyl sites for hydroxylation is 1. The number of carbonyl (C=O) groups is 2. The molecule has 1 aromatic heterocycles. The molecule has 0 spiro atoms. The van der Waals surface area contributed by atoms with Crippen LogP contribution in [-0.4, -0.2) is 43.6 Å². The minimum Gasteiger partial charge on any atom is -0.307 e. The van der Waals surface area contributed by atoms with Crippen molar-refractivity contribution in [2.75, 3.05) is 6.54 Å². The van der Waals surface area contributed by atoms with Crippen LogP contribution < -0.4 is 5.32 Å². The molecule has 0 unspecified atom stereocenters. The third-order valence-corrected chi connectivity index (χ3v) is 1.75. The minimum atomic E-state index is -0.414. The maximum Gasteiger partial charge on any atom is 0.324 e. The summed E-state index contributed by atoms with van der Waals surface area (Å²) in [5.41, 5.74) is 0. The molecular weight excluding hydrogens is 188 g/mol. The molecule has 0 radical (unpaired) electrons. The molecule has 14 heavy (non-hydrogen) atoms. The molecule has 0 saturated carbocycles. The zero-order valence-corrected chi connectivity index (χ0v) is 7.47. The number of aromatic nitrogens is 4. The molecule has 0 atom stereocenters. The van der Waals surface area contributed by atoms with Crippen LogP contribution in [-0.2, 0) is 18.4 Å². The van der Waals surface area contributed by atoms with E-state index >= 15 is 0 Å². The van der Waals surface area contributed by atoms with Gasteiger partial charge in [0, 0.05) is 0 Å². The highest BCUT2D eigenvalue weighted by atomic mass is 16.2. The molecule has 2 rings (SSSR count). The van der Waals surface area contributed by atoms with E-state index in [-0.39, 0.29) is 19.0 Å². The van der Waals surface area contributed by atoms with Gasteiger partial charge in [-0.25, -0.2) is 4.79 Å². The van der Waals surface area contributed by atoms with Crippen LogP contribution in [0.3, 0.4) is 0 Å².